The van der Waals surface area contributed by atoms with Gasteiger partial charge in [0.1, 0.15) is 17.5 Å². The van der Waals surface area contributed by atoms with E-state index in [0.717, 1.165) is 6.07 Å². The van der Waals surface area contributed by atoms with Gasteiger partial charge in [-0.3, -0.25) is 0 Å². The Kier molecular flexibility index (Phi) is 5.08. The van der Waals surface area contributed by atoms with Gasteiger partial charge in [-0.15, -0.1) is 0 Å². The minimum absolute atomic E-state index is 0.0959. The number of hydrogen-bond donors (Lipinski definition) is 1. The topological polar surface area (TPSA) is 78.6 Å². The van der Waals surface area contributed by atoms with E-state index in [1.54, 1.807) is 20.8 Å². The fraction of sp³-hybridized carbons (Fsp3) is 0.385. The van der Waals surface area contributed by atoms with Crippen molar-refractivity contribution in [1.82, 2.24) is 0 Å². The third-order valence-electron chi connectivity index (χ3n) is 2.13. The van der Waals surface area contributed by atoms with Crippen LogP contribution in [0.15, 0.2) is 18.2 Å². The van der Waals surface area contributed by atoms with Crippen LogP contribution in [-0.4, -0.2) is 17.7 Å². The van der Waals surface area contributed by atoms with Crippen LogP contribution in [0, 0.1) is 5.82 Å². The van der Waals surface area contributed by atoms with E-state index >= 15 is 0 Å². The molecule has 0 radical (unpaired) electrons. The quantitative estimate of drug-likeness (QED) is 0.671. The molecule has 0 aromatic heterocycles. The molecule has 1 rings (SSSR count). The lowest BCUT2D eigenvalue weighted by molar-refractivity contribution is -0.143. The summed E-state index contributed by atoms with van der Waals surface area (Å²) in [5.74, 6) is -1.76. The van der Waals surface area contributed by atoms with Gasteiger partial charge in [0, 0.05) is 0 Å². The Hall–Kier alpha value is -1.66. The van der Waals surface area contributed by atoms with Gasteiger partial charge in [0.05, 0.1) is 5.02 Å². The molecule has 2 N–H and O–H groups in total. The van der Waals surface area contributed by atoms with Gasteiger partial charge in [-0.05, 0) is 38.5 Å². The molecule has 0 fully saturated rings. The summed E-state index contributed by atoms with van der Waals surface area (Å²) in [6, 6.07) is 2.32. The van der Waals surface area contributed by atoms with E-state index in [4.69, 9.17) is 22.1 Å². The normalized spacial score (nSPS) is 12.7. The Labute approximate surface area is 120 Å². The van der Waals surface area contributed by atoms with Crippen LogP contribution >= 0.6 is 11.6 Å². The van der Waals surface area contributed by atoms with Crippen LogP contribution < -0.4 is 5.73 Å². The van der Waals surface area contributed by atoms with Gasteiger partial charge < -0.3 is 15.2 Å². The average molecular weight is 304 g/mol. The minimum Gasteiger partial charge on any atom is -0.428 e. The van der Waals surface area contributed by atoms with E-state index in [1.807, 2.05) is 0 Å². The number of esters is 1. The molecule has 0 aliphatic rings. The summed E-state index contributed by atoms with van der Waals surface area (Å²) in [6.07, 6.45) is -1.16. The van der Waals surface area contributed by atoms with Crippen molar-refractivity contribution < 1.29 is 23.5 Å². The molecule has 0 bridgehead atoms. The van der Waals surface area contributed by atoms with Crippen molar-refractivity contribution in [3.05, 3.63) is 34.6 Å². The lowest BCUT2D eigenvalue weighted by Gasteiger charge is -2.19. The number of carbonyl (C=O) groups excluding carboxylic acids is 2. The molecule has 0 amide bonds. The van der Waals surface area contributed by atoms with Gasteiger partial charge in [-0.25, -0.2) is 14.0 Å². The maximum Gasteiger partial charge on any atom is 0.516 e. The summed E-state index contributed by atoms with van der Waals surface area (Å²) in [7, 11) is 0. The summed E-state index contributed by atoms with van der Waals surface area (Å²) < 4.78 is 22.5. The number of ether oxygens (including phenoxy) is 2. The Morgan fingerprint density at radius 2 is 1.95 bits per heavy atom. The monoisotopic (exact) mass is 303 g/mol. The molecule has 1 aromatic carbocycles. The first kappa shape index (κ1) is 16.4. The number of benzene rings is 1. The van der Waals surface area contributed by atoms with E-state index in [0.29, 0.717) is 0 Å². The standard InChI is InChI=1S/C13H15ClFNO4/c1-13(2,3)20-12(18)19-11(17)10(16)7-4-5-8(14)9(15)6-7/h4-6,10H,16H2,1-3H3. The number of carbonyl (C=O) groups is 2. The van der Waals surface area contributed by atoms with E-state index in [-0.39, 0.29) is 10.6 Å². The van der Waals surface area contributed by atoms with Crippen molar-refractivity contribution in [1.29, 1.82) is 0 Å². The Morgan fingerprint density at radius 3 is 2.45 bits per heavy atom. The maximum absolute atomic E-state index is 13.3. The largest absolute Gasteiger partial charge is 0.516 e. The van der Waals surface area contributed by atoms with Crippen LogP contribution in [0.2, 0.25) is 5.02 Å². The number of halogens is 2. The summed E-state index contributed by atoms with van der Waals surface area (Å²) in [6.45, 7) is 4.85. The first-order valence-corrected chi connectivity index (χ1v) is 6.13. The smallest absolute Gasteiger partial charge is 0.428 e. The fourth-order valence-corrected chi connectivity index (χ4v) is 1.38. The predicted molar refractivity (Wildman–Crippen MR) is 70.7 cm³/mol. The van der Waals surface area contributed by atoms with Crippen molar-refractivity contribution >= 4 is 23.7 Å². The molecule has 0 aliphatic carbocycles. The summed E-state index contributed by atoms with van der Waals surface area (Å²) in [5.41, 5.74) is 4.92. The van der Waals surface area contributed by atoms with E-state index in [2.05, 4.69) is 4.74 Å². The van der Waals surface area contributed by atoms with Crippen molar-refractivity contribution in [3.63, 3.8) is 0 Å². The number of nitrogens with two attached hydrogens (primary N) is 1. The highest BCUT2D eigenvalue weighted by molar-refractivity contribution is 6.30. The Bertz CT molecular complexity index is 528. The lowest BCUT2D eigenvalue weighted by atomic mass is 10.1. The second-order valence-electron chi connectivity index (χ2n) is 5.04. The highest BCUT2D eigenvalue weighted by Gasteiger charge is 2.25. The van der Waals surface area contributed by atoms with Crippen LogP contribution in [0.1, 0.15) is 32.4 Å². The third-order valence-corrected chi connectivity index (χ3v) is 2.44. The molecule has 20 heavy (non-hydrogen) atoms. The van der Waals surface area contributed by atoms with Crippen molar-refractivity contribution in [2.45, 2.75) is 32.4 Å². The Morgan fingerprint density at radius 1 is 1.35 bits per heavy atom. The summed E-state index contributed by atoms with van der Waals surface area (Å²) in [5, 5.41) is -0.0959. The lowest BCUT2D eigenvalue weighted by Crippen LogP contribution is -2.30. The van der Waals surface area contributed by atoms with Gasteiger partial charge >= 0.3 is 12.1 Å². The van der Waals surface area contributed by atoms with Gasteiger partial charge in [0.25, 0.3) is 0 Å². The summed E-state index contributed by atoms with van der Waals surface area (Å²) in [4.78, 5) is 22.9. The zero-order chi connectivity index (χ0) is 15.5. The number of rotatable bonds is 2. The van der Waals surface area contributed by atoms with E-state index < -0.39 is 29.6 Å². The zero-order valence-electron chi connectivity index (χ0n) is 11.3. The number of hydrogen-bond acceptors (Lipinski definition) is 5. The molecule has 7 heteroatoms. The van der Waals surface area contributed by atoms with Crippen LogP contribution in [0.4, 0.5) is 9.18 Å². The molecule has 1 atom stereocenters. The predicted octanol–water partition coefficient (Wildman–Crippen LogP) is 2.96. The molecule has 0 saturated carbocycles. The Balaban J connectivity index is 2.72. The van der Waals surface area contributed by atoms with Crippen LogP contribution in [0.25, 0.3) is 0 Å². The molecule has 1 unspecified atom stereocenters. The maximum atomic E-state index is 13.3. The summed E-state index contributed by atoms with van der Waals surface area (Å²) >= 11 is 5.52. The van der Waals surface area contributed by atoms with Gasteiger partial charge in [-0.2, -0.15) is 0 Å². The van der Waals surface area contributed by atoms with Crippen LogP contribution in [0.5, 0.6) is 0 Å². The highest BCUT2D eigenvalue weighted by Crippen LogP contribution is 2.20. The van der Waals surface area contributed by atoms with E-state index in [1.165, 1.54) is 12.1 Å². The minimum atomic E-state index is -1.31. The molecular weight excluding hydrogens is 289 g/mol. The third kappa shape index (κ3) is 4.79. The second-order valence-corrected chi connectivity index (χ2v) is 5.44. The SMILES string of the molecule is CC(C)(C)OC(=O)OC(=O)C(N)c1ccc(Cl)c(F)c1. The molecule has 1 aromatic rings. The zero-order valence-corrected chi connectivity index (χ0v) is 12.0. The van der Waals surface area contributed by atoms with Crippen LogP contribution in [0.3, 0.4) is 0 Å². The first-order valence-electron chi connectivity index (χ1n) is 5.75. The molecule has 110 valence electrons. The molecule has 0 aliphatic heterocycles. The van der Waals surface area contributed by atoms with Gasteiger partial charge in [-0.1, -0.05) is 17.7 Å². The fourth-order valence-electron chi connectivity index (χ4n) is 1.26. The molecular formula is C13H15ClFNO4. The van der Waals surface area contributed by atoms with Crippen molar-refractivity contribution in [2.75, 3.05) is 0 Å². The van der Waals surface area contributed by atoms with E-state index in [9.17, 15) is 14.0 Å². The first-order chi connectivity index (χ1) is 9.10. The van der Waals surface area contributed by atoms with Crippen molar-refractivity contribution in [3.8, 4) is 0 Å². The van der Waals surface area contributed by atoms with Gasteiger partial charge in [0.15, 0.2) is 0 Å². The van der Waals surface area contributed by atoms with Crippen LogP contribution in [-0.2, 0) is 14.3 Å². The molecule has 0 spiro atoms. The molecule has 0 saturated heterocycles. The second kappa shape index (κ2) is 6.19. The average Bonchev–Trinajstić information content (AvgIpc) is 2.29. The molecule has 5 nitrogen and oxygen atoms in total. The highest BCUT2D eigenvalue weighted by atomic mass is 35.5. The molecule has 0 heterocycles. The van der Waals surface area contributed by atoms with Gasteiger partial charge in [0.2, 0.25) is 0 Å². The van der Waals surface area contributed by atoms with Crippen molar-refractivity contribution in [2.24, 2.45) is 5.73 Å².